The summed E-state index contributed by atoms with van der Waals surface area (Å²) in [6.07, 6.45) is 0.234. The highest BCUT2D eigenvalue weighted by molar-refractivity contribution is 6.11. The topological polar surface area (TPSA) is 89.1 Å². The third kappa shape index (κ3) is 2.03. The van der Waals surface area contributed by atoms with Crippen LogP contribution in [0.2, 0.25) is 0 Å². The van der Waals surface area contributed by atoms with Gasteiger partial charge in [0.1, 0.15) is 17.2 Å². The fourth-order valence-electron chi connectivity index (χ4n) is 3.16. The zero-order valence-corrected chi connectivity index (χ0v) is 12.5. The third-order valence-corrected chi connectivity index (χ3v) is 4.01. The van der Waals surface area contributed by atoms with Crippen molar-refractivity contribution in [1.29, 1.82) is 0 Å². The molecule has 2 N–H and O–H groups in total. The van der Waals surface area contributed by atoms with E-state index in [1.165, 1.54) is 26.2 Å². The summed E-state index contributed by atoms with van der Waals surface area (Å²) in [6, 6.07) is 6.23. The Bertz CT molecular complexity index is 1020. The van der Waals surface area contributed by atoms with Gasteiger partial charge in [-0.1, -0.05) is 0 Å². The number of phenols is 1. The normalized spacial score (nSPS) is 19.8. The molecule has 6 nitrogen and oxygen atoms in total. The number of fused-ring (bicyclic) bond motifs is 2. The third-order valence-electron chi connectivity index (χ3n) is 4.01. The standard InChI is InChI=1S/C17H14O6/c1-17(20)7-9-3-8-4-10(21-2)5-11(18)14(8)16-15(9)12(23-17)6-13(19)22-16/h3-6,18,20H,7H2,1-2H3/t17-/m0/s1. The quantitative estimate of drug-likeness (QED) is 0.529. The second kappa shape index (κ2) is 4.39. The largest absolute Gasteiger partial charge is 0.507 e. The van der Waals surface area contributed by atoms with Crippen molar-refractivity contribution in [2.75, 3.05) is 7.11 Å². The summed E-state index contributed by atoms with van der Waals surface area (Å²) in [5.74, 6) is -0.732. The number of aliphatic hydroxyl groups is 1. The Morgan fingerprint density at radius 3 is 2.74 bits per heavy atom. The highest BCUT2D eigenvalue weighted by Crippen LogP contribution is 2.43. The summed E-state index contributed by atoms with van der Waals surface area (Å²) in [5.41, 5.74) is 0.407. The molecule has 0 aliphatic carbocycles. The van der Waals surface area contributed by atoms with E-state index in [1.807, 2.05) is 6.07 Å². The van der Waals surface area contributed by atoms with Gasteiger partial charge in [-0.2, -0.15) is 0 Å². The SMILES string of the molecule is COc1cc(O)c2c(c1)cc1c3c(cc(=O)oc32)O[C@](C)(O)C1. The maximum Gasteiger partial charge on any atom is 0.339 e. The molecule has 0 unspecified atom stereocenters. The number of methoxy groups -OCH3 is 1. The monoisotopic (exact) mass is 314 g/mol. The van der Waals surface area contributed by atoms with Crippen LogP contribution >= 0.6 is 0 Å². The smallest absolute Gasteiger partial charge is 0.339 e. The van der Waals surface area contributed by atoms with E-state index in [1.54, 1.807) is 6.07 Å². The molecule has 2 aromatic carbocycles. The molecule has 0 saturated carbocycles. The van der Waals surface area contributed by atoms with Crippen LogP contribution in [0.25, 0.3) is 21.7 Å². The van der Waals surface area contributed by atoms with Crippen molar-refractivity contribution in [2.24, 2.45) is 0 Å². The average molecular weight is 314 g/mol. The van der Waals surface area contributed by atoms with Crippen molar-refractivity contribution < 1.29 is 24.1 Å². The lowest BCUT2D eigenvalue weighted by Gasteiger charge is -2.30. The molecule has 4 rings (SSSR count). The number of rotatable bonds is 1. The number of hydrogen-bond acceptors (Lipinski definition) is 6. The summed E-state index contributed by atoms with van der Waals surface area (Å²) >= 11 is 0. The zero-order valence-electron chi connectivity index (χ0n) is 12.5. The lowest BCUT2D eigenvalue weighted by Crippen LogP contribution is -2.37. The highest BCUT2D eigenvalue weighted by atomic mass is 16.6. The fourth-order valence-corrected chi connectivity index (χ4v) is 3.16. The lowest BCUT2D eigenvalue weighted by molar-refractivity contribution is -0.122. The molecule has 1 atom stereocenters. The average Bonchev–Trinajstić information content (AvgIpc) is 2.44. The Morgan fingerprint density at radius 1 is 1.22 bits per heavy atom. The van der Waals surface area contributed by atoms with Crippen LogP contribution in [-0.4, -0.2) is 23.1 Å². The number of benzene rings is 2. The second-order valence-electron chi connectivity index (χ2n) is 5.87. The van der Waals surface area contributed by atoms with Gasteiger partial charge in [-0.25, -0.2) is 4.79 Å². The molecule has 0 spiro atoms. The predicted octanol–water partition coefficient (Wildman–Crippen LogP) is 2.30. The molecule has 0 saturated heterocycles. The molecule has 1 aliphatic heterocycles. The number of ether oxygens (including phenoxy) is 2. The minimum Gasteiger partial charge on any atom is -0.507 e. The molecule has 2 heterocycles. The molecular formula is C17H14O6. The van der Waals surface area contributed by atoms with Crippen molar-refractivity contribution in [1.82, 2.24) is 0 Å². The van der Waals surface area contributed by atoms with Crippen LogP contribution in [0, 0.1) is 0 Å². The first kappa shape index (κ1) is 13.9. The Hall–Kier alpha value is -2.73. The molecule has 0 bridgehead atoms. The minimum absolute atomic E-state index is 0.0523. The van der Waals surface area contributed by atoms with Gasteiger partial charge in [0.25, 0.3) is 0 Å². The number of hydrogen-bond donors (Lipinski definition) is 2. The van der Waals surface area contributed by atoms with Crippen LogP contribution < -0.4 is 15.1 Å². The molecule has 0 fully saturated rings. The summed E-state index contributed by atoms with van der Waals surface area (Å²) in [6.45, 7) is 1.53. The molecule has 23 heavy (non-hydrogen) atoms. The Morgan fingerprint density at radius 2 is 2.00 bits per heavy atom. The highest BCUT2D eigenvalue weighted by Gasteiger charge is 2.32. The van der Waals surface area contributed by atoms with Gasteiger partial charge in [0.15, 0.2) is 5.58 Å². The van der Waals surface area contributed by atoms with Crippen LogP contribution in [0.15, 0.2) is 33.5 Å². The van der Waals surface area contributed by atoms with Crippen molar-refractivity contribution >= 4 is 21.7 Å². The lowest BCUT2D eigenvalue weighted by atomic mass is 9.94. The fraction of sp³-hybridized carbons (Fsp3) is 0.235. The number of aromatic hydroxyl groups is 1. The first-order chi connectivity index (χ1) is 10.9. The van der Waals surface area contributed by atoms with Crippen molar-refractivity contribution in [3.05, 3.63) is 40.2 Å². The van der Waals surface area contributed by atoms with Gasteiger partial charge in [-0.15, -0.1) is 0 Å². The van der Waals surface area contributed by atoms with Gasteiger partial charge in [-0.3, -0.25) is 0 Å². The van der Waals surface area contributed by atoms with Crippen LogP contribution in [0.3, 0.4) is 0 Å². The van der Waals surface area contributed by atoms with Gasteiger partial charge in [0.2, 0.25) is 5.79 Å². The minimum atomic E-state index is -1.41. The Kier molecular flexibility index (Phi) is 2.65. The van der Waals surface area contributed by atoms with Gasteiger partial charge in [-0.05, 0) is 23.1 Å². The van der Waals surface area contributed by atoms with Gasteiger partial charge in [0.05, 0.1) is 23.9 Å². The summed E-state index contributed by atoms with van der Waals surface area (Å²) in [5, 5.41) is 22.2. The maximum absolute atomic E-state index is 11.9. The van der Waals surface area contributed by atoms with Gasteiger partial charge in [0, 0.05) is 19.4 Å². The molecule has 6 heteroatoms. The molecule has 0 amide bonds. The van der Waals surface area contributed by atoms with E-state index >= 15 is 0 Å². The summed E-state index contributed by atoms with van der Waals surface area (Å²) < 4.78 is 16.0. The first-order valence-electron chi connectivity index (χ1n) is 7.10. The Labute approximate surface area is 130 Å². The van der Waals surface area contributed by atoms with Gasteiger partial charge < -0.3 is 24.1 Å². The van der Waals surface area contributed by atoms with E-state index in [0.717, 1.165) is 5.56 Å². The van der Waals surface area contributed by atoms with E-state index in [0.29, 0.717) is 21.9 Å². The number of phenolic OH excluding ortho intramolecular Hbond substituents is 1. The van der Waals surface area contributed by atoms with E-state index < -0.39 is 11.4 Å². The van der Waals surface area contributed by atoms with Crippen LogP contribution in [0.1, 0.15) is 12.5 Å². The molecule has 3 aromatic rings. The van der Waals surface area contributed by atoms with E-state index in [9.17, 15) is 15.0 Å². The van der Waals surface area contributed by atoms with Crippen molar-refractivity contribution in [2.45, 2.75) is 19.1 Å². The van der Waals surface area contributed by atoms with Crippen molar-refractivity contribution in [3.8, 4) is 17.2 Å². The maximum atomic E-state index is 11.9. The molecule has 0 radical (unpaired) electrons. The Balaban J connectivity index is 2.22. The summed E-state index contributed by atoms with van der Waals surface area (Å²) in [4.78, 5) is 11.9. The predicted molar refractivity (Wildman–Crippen MR) is 83.2 cm³/mol. The van der Waals surface area contributed by atoms with Crippen LogP contribution in [0.4, 0.5) is 0 Å². The van der Waals surface area contributed by atoms with Crippen molar-refractivity contribution in [3.63, 3.8) is 0 Å². The van der Waals surface area contributed by atoms with E-state index in [-0.39, 0.29) is 23.5 Å². The molecule has 118 valence electrons. The molecule has 1 aromatic heterocycles. The molecular weight excluding hydrogens is 300 g/mol. The van der Waals surface area contributed by atoms with Crippen LogP contribution in [-0.2, 0) is 6.42 Å². The summed E-state index contributed by atoms with van der Waals surface area (Å²) in [7, 11) is 1.50. The second-order valence-corrected chi connectivity index (χ2v) is 5.87. The first-order valence-corrected chi connectivity index (χ1v) is 7.10. The zero-order chi connectivity index (χ0) is 16.4. The van der Waals surface area contributed by atoms with Gasteiger partial charge >= 0.3 is 5.63 Å². The van der Waals surface area contributed by atoms with E-state index in [2.05, 4.69) is 0 Å². The van der Waals surface area contributed by atoms with E-state index in [4.69, 9.17) is 13.9 Å². The molecule has 1 aliphatic rings. The van der Waals surface area contributed by atoms with Crippen LogP contribution in [0.5, 0.6) is 17.2 Å².